The van der Waals surface area contributed by atoms with Gasteiger partial charge < -0.3 is 10.3 Å². The third kappa shape index (κ3) is 1.91. The molecule has 0 aliphatic rings. The Hall–Kier alpha value is -1.84. The zero-order valence-electron chi connectivity index (χ0n) is 9.35. The molecule has 0 fully saturated rings. The highest BCUT2D eigenvalue weighted by molar-refractivity contribution is 5.78. The van der Waals surface area contributed by atoms with Crippen LogP contribution in [0.2, 0.25) is 0 Å². The molecule has 0 aliphatic carbocycles. The van der Waals surface area contributed by atoms with E-state index in [1.807, 2.05) is 30.6 Å². The molecule has 0 radical (unpaired) electrons. The quantitative estimate of drug-likeness (QED) is 0.608. The van der Waals surface area contributed by atoms with Crippen LogP contribution in [0.25, 0.3) is 11.0 Å². The van der Waals surface area contributed by atoms with Gasteiger partial charge in [-0.2, -0.15) is 0 Å². The number of rotatable bonds is 4. The van der Waals surface area contributed by atoms with Crippen LogP contribution in [0, 0.1) is 5.41 Å². The molecule has 2 rings (SSSR count). The zero-order chi connectivity index (χ0) is 11.5. The number of aromatic nitrogens is 2. The van der Waals surface area contributed by atoms with E-state index in [9.17, 15) is 0 Å². The fourth-order valence-electron chi connectivity index (χ4n) is 1.96. The Morgan fingerprint density at radius 3 is 2.94 bits per heavy atom. The minimum atomic E-state index is 0.227. The van der Waals surface area contributed by atoms with E-state index in [-0.39, 0.29) is 11.9 Å². The maximum absolute atomic E-state index is 7.38. The summed E-state index contributed by atoms with van der Waals surface area (Å²) in [5, 5.41) is 7.38. The highest BCUT2D eigenvalue weighted by Crippen LogP contribution is 2.22. The first-order valence-corrected chi connectivity index (χ1v) is 5.46. The van der Waals surface area contributed by atoms with Gasteiger partial charge in [0.15, 0.2) is 0 Å². The molecule has 0 spiro atoms. The van der Waals surface area contributed by atoms with Crippen LogP contribution >= 0.6 is 0 Å². The number of para-hydroxylation sites is 2. The number of nitrogens with zero attached hydrogens (tertiary/aromatic N) is 2. The van der Waals surface area contributed by atoms with Gasteiger partial charge >= 0.3 is 0 Å². The first kappa shape index (κ1) is 10.7. The summed E-state index contributed by atoms with van der Waals surface area (Å²) in [4.78, 5) is 4.35. The summed E-state index contributed by atoms with van der Waals surface area (Å²) in [6.07, 6.45) is 3.36. The standard InChI is InChI=1S/C12H16N4/c1-2-9(7-12(13)14)16-8-15-10-5-3-4-6-11(10)16/h3-6,8-9H,2,7H2,1H3,(H3,13,14). The normalized spacial score (nSPS) is 12.8. The summed E-state index contributed by atoms with van der Waals surface area (Å²) in [6.45, 7) is 2.10. The number of fused-ring (bicyclic) bond motifs is 1. The maximum atomic E-state index is 7.38. The van der Waals surface area contributed by atoms with Gasteiger partial charge in [-0.1, -0.05) is 19.1 Å². The molecule has 1 heterocycles. The molecule has 0 bridgehead atoms. The second-order valence-corrected chi connectivity index (χ2v) is 3.93. The molecule has 1 aromatic heterocycles. The van der Waals surface area contributed by atoms with E-state index < -0.39 is 0 Å². The highest BCUT2D eigenvalue weighted by Gasteiger charge is 2.12. The molecular formula is C12H16N4. The monoisotopic (exact) mass is 216 g/mol. The lowest BCUT2D eigenvalue weighted by Gasteiger charge is -2.16. The van der Waals surface area contributed by atoms with Gasteiger partial charge in [0.05, 0.1) is 23.2 Å². The molecule has 3 N–H and O–H groups in total. The van der Waals surface area contributed by atoms with Crippen molar-refractivity contribution in [2.75, 3.05) is 0 Å². The van der Waals surface area contributed by atoms with E-state index in [1.165, 1.54) is 0 Å². The number of nitrogens with one attached hydrogen (secondary N) is 1. The van der Waals surface area contributed by atoms with Gasteiger partial charge in [0, 0.05) is 12.5 Å². The van der Waals surface area contributed by atoms with Crippen molar-refractivity contribution in [1.29, 1.82) is 5.41 Å². The minimum absolute atomic E-state index is 0.227. The van der Waals surface area contributed by atoms with Crippen molar-refractivity contribution in [3.8, 4) is 0 Å². The Kier molecular flexibility index (Phi) is 2.90. The lowest BCUT2D eigenvalue weighted by molar-refractivity contribution is 0.513. The van der Waals surface area contributed by atoms with Gasteiger partial charge in [-0.3, -0.25) is 5.41 Å². The van der Waals surface area contributed by atoms with Crippen molar-refractivity contribution in [2.45, 2.75) is 25.8 Å². The molecule has 2 aromatic rings. The predicted molar refractivity (Wildman–Crippen MR) is 65.6 cm³/mol. The topological polar surface area (TPSA) is 67.7 Å². The summed E-state index contributed by atoms with van der Waals surface area (Å²) in [7, 11) is 0. The summed E-state index contributed by atoms with van der Waals surface area (Å²) >= 11 is 0. The molecule has 1 atom stereocenters. The summed E-state index contributed by atoms with van der Waals surface area (Å²) in [5.41, 5.74) is 7.57. The van der Waals surface area contributed by atoms with E-state index >= 15 is 0 Å². The van der Waals surface area contributed by atoms with Crippen LogP contribution in [0.5, 0.6) is 0 Å². The first-order valence-electron chi connectivity index (χ1n) is 5.46. The molecule has 0 saturated carbocycles. The average Bonchev–Trinajstić information content (AvgIpc) is 2.69. The van der Waals surface area contributed by atoms with Crippen molar-refractivity contribution < 1.29 is 0 Å². The van der Waals surface area contributed by atoms with Crippen LogP contribution in [-0.2, 0) is 0 Å². The highest BCUT2D eigenvalue weighted by atomic mass is 15.1. The van der Waals surface area contributed by atoms with Crippen LogP contribution in [0.4, 0.5) is 0 Å². The fraction of sp³-hybridized carbons (Fsp3) is 0.333. The first-order chi connectivity index (χ1) is 7.72. The summed E-state index contributed by atoms with van der Waals surface area (Å²) in [5.74, 6) is 0.227. The summed E-state index contributed by atoms with van der Waals surface area (Å²) < 4.78 is 2.11. The van der Waals surface area contributed by atoms with Gasteiger partial charge in [-0.05, 0) is 18.6 Å². The zero-order valence-corrected chi connectivity index (χ0v) is 9.35. The third-order valence-electron chi connectivity index (χ3n) is 2.80. The smallest absolute Gasteiger partial charge is 0.0961 e. The van der Waals surface area contributed by atoms with Gasteiger partial charge in [0.25, 0.3) is 0 Å². The Morgan fingerprint density at radius 1 is 1.50 bits per heavy atom. The number of hydrogen-bond donors (Lipinski definition) is 2. The van der Waals surface area contributed by atoms with Crippen LogP contribution in [0.3, 0.4) is 0 Å². The number of hydrogen-bond acceptors (Lipinski definition) is 2. The molecule has 1 unspecified atom stereocenters. The van der Waals surface area contributed by atoms with E-state index in [0.717, 1.165) is 17.5 Å². The fourth-order valence-corrected chi connectivity index (χ4v) is 1.96. The van der Waals surface area contributed by atoms with Crippen molar-refractivity contribution in [1.82, 2.24) is 9.55 Å². The Bertz CT molecular complexity index is 500. The van der Waals surface area contributed by atoms with Gasteiger partial charge in [0.2, 0.25) is 0 Å². The predicted octanol–water partition coefficient (Wildman–Crippen LogP) is 2.31. The Balaban J connectivity index is 2.41. The number of nitrogens with two attached hydrogens (primary N) is 1. The number of amidine groups is 1. The molecule has 84 valence electrons. The van der Waals surface area contributed by atoms with E-state index in [0.29, 0.717) is 6.42 Å². The molecule has 4 heteroatoms. The molecule has 4 nitrogen and oxygen atoms in total. The minimum Gasteiger partial charge on any atom is -0.388 e. The molecular weight excluding hydrogens is 200 g/mol. The van der Waals surface area contributed by atoms with Gasteiger partial charge in [0.1, 0.15) is 0 Å². The SMILES string of the molecule is CCC(CC(=N)N)n1cnc2ccccc21. The van der Waals surface area contributed by atoms with Crippen molar-refractivity contribution >= 4 is 16.9 Å². The second kappa shape index (κ2) is 4.35. The number of benzene rings is 1. The van der Waals surface area contributed by atoms with Crippen LogP contribution < -0.4 is 5.73 Å². The van der Waals surface area contributed by atoms with Gasteiger partial charge in [-0.25, -0.2) is 4.98 Å². The van der Waals surface area contributed by atoms with Crippen molar-refractivity contribution in [3.63, 3.8) is 0 Å². The van der Waals surface area contributed by atoms with E-state index in [1.54, 1.807) is 0 Å². The number of imidazole rings is 1. The van der Waals surface area contributed by atoms with Crippen molar-refractivity contribution in [3.05, 3.63) is 30.6 Å². The Morgan fingerprint density at radius 2 is 2.25 bits per heavy atom. The molecule has 16 heavy (non-hydrogen) atoms. The average molecular weight is 216 g/mol. The van der Waals surface area contributed by atoms with Gasteiger partial charge in [-0.15, -0.1) is 0 Å². The van der Waals surface area contributed by atoms with E-state index in [2.05, 4.69) is 16.5 Å². The van der Waals surface area contributed by atoms with Crippen LogP contribution in [0.1, 0.15) is 25.8 Å². The molecule has 0 amide bonds. The van der Waals surface area contributed by atoms with Crippen LogP contribution in [0.15, 0.2) is 30.6 Å². The van der Waals surface area contributed by atoms with E-state index in [4.69, 9.17) is 11.1 Å². The van der Waals surface area contributed by atoms with Crippen molar-refractivity contribution in [2.24, 2.45) is 5.73 Å². The lowest BCUT2D eigenvalue weighted by atomic mass is 10.1. The second-order valence-electron chi connectivity index (χ2n) is 3.93. The Labute approximate surface area is 94.6 Å². The van der Waals surface area contributed by atoms with Crippen LogP contribution in [-0.4, -0.2) is 15.4 Å². The lowest BCUT2D eigenvalue weighted by Crippen LogP contribution is -2.17. The maximum Gasteiger partial charge on any atom is 0.0961 e. The molecule has 0 aliphatic heterocycles. The largest absolute Gasteiger partial charge is 0.388 e. The summed E-state index contributed by atoms with van der Waals surface area (Å²) in [6, 6.07) is 8.24. The third-order valence-corrected chi connectivity index (χ3v) is 2.80. The molecule has 1 aromatic carbocycles. The molecule has 0 saturated heterocycles.